The van der Waals surface area contributed by atoms with E-state index in [0.717, 1.165) is 22.0 Å². The monoisotopic (exact) mass is 416 g/mol. The van der Waals surface area contributed by atoms with Gasteiger partial charge in [-0.1, -0.05) is 25.5 Å². The summed E-state index contributed by atoms with van der Waals surface area (Å²) >= 11 is 2.17. The fraction of sp³-hybridized carbons (Fsp3) is 0.500. The van der Waals surface area contributed by atoms with Crippen molar-refractivity contribution in [3.05, 3.63) is 33.4 Å². The van der Waals surface area contributed by atoms with Crippen LogP contribution in [0.5, 0.6) is 0 Å². The molecule has 2 rings (SSSR count). The summed E-state index contributed by atoms with van der Waals surface area (Å²) < 4.78 is 6.15. The molecule has 0 saturated carbocycles. The third-order valence-electron chi connectivity index (χ3n) is 3.65. The van der Waals surface area contributed by atoms with Crippen molar-refractivity contribution in [3.63, 3.8) is 0 Å². The maximum absolute atomic E-state index is 12.5. The Morgan fingerprint density at radius 3 is 2.41 bits per heavy atom. The van der Waals surface area contributed by atoms with Crippen LogP contribution in [0, 0.1) is 3.57 Å². The third kappa shape index (κ3) is 4.34. The SMILES string of the molecule is CCCCOC(=O)N1CCN(C(=O)c2ccccc2I)CC1. The molecule has 6 heteroatoms. The fourth-order valence-electron chi connectivity index (χ4n) is 2.29. The smallest absolute Gasteiger partial charge is 0.409 e. The van der Waals surface area contributed by atoms with Gasteiger partial charge >= 0.3 is 6.09 Å². The van der Waals surface area contributed by atoms with Gasteiger partial charge in [0.05, 0.1) is 12.2 Å². The van der Waals surface area contributed by atoms with Gasteiger partial charge < -0.3 is 14.5 Å². The molecule has 0 bridgehead atoms. The molecule has 0 atom stereocenters. The molecule has 22 heavy (non-hydrogen) atoms. The molecule has 0 spiro atoms. The first kappa shape index (κ1) is 17.1. The topological polar surface area (TPSA) is 49.9 Å². The normalized spacial score (nSPS) is 14.8. The molecule has 120 valence electrons. The minimum atomic E-state index is -0.269. The number of rotatable bonds is 4. The van der Waals surface area contributed by atoms with E-state index in [1.807, 2.05) is 24.3 Å². The number of piperazine rings is 1. The number of benzene rings is 1. The average molecular weight is 416 g/mol. The minimum Gasteiger partial charge on any atom is -0.449 e. The van der Waals surface area contributed by atoms with Gasteiger partial charge in [-0.2, -0.15) is 0 Å². The largest absolute Gasteiger partial charge is 0.449 e. The van der Waals surface area contributed by atoms with Gasteiger partial charge in [0.25, 0.3) is 5.91 Å². The van der Waals surface area contributed by atoms with Gasteiger partial charge in [-0.3, -0.25) is 4.79 Å². The fourth-order valence-corrected chi connectivity index (χ4v) is 2.91. The van der Waals surface area contributed by atoms with Crippen molar-refractivity contribution < 1.29 is 14.3 Å². The number of amides is 2. The number of nitrogens with zero attached hydrogens (tertiary/aromatic N) is 2. The van der Waals surface area contributed by atoms with Crippen molar-refractivity contribution in [1.82, 2.24) is 9.80 Å². The summed E-state index contributed by atoms with van der Waals surface area (Å²) in [4.78, 5) is 27.8. The lowest BCUT2D eigenvalue weighted by Gasteiger charge is -2.34. The number of unbranched alkanes of at least 4 members (excludes halogenated alkanes) is 1. The highest BCUT2D eigenvalue weighted by Crippen LogP contribution is 2.15. The van der Waals surface area contributed by atoms with Crippen LogP contribution in [0.1, 0.15) is 30.1 Å². The lowest BCUT2D eigenvalue weighted by atomic mass is 10.2. The predicted molar refractivity (Wildman–Crippen MR) is 92.9 cm³/mol. The van der Waals surface area contributed by atoms with Crippen molar-refractivity contribution in [2.24, 2.45) is 0 Å². The predicted octanol–water partition coefficient (Wildman–Crippen LogP) is 2.99. The van der Waals surface area contributed by atoms with E-state index in [9.17, 15) is 9.59 Å². The summed E-state index contributed by atoms with van der Waals surface area (Å²) in [5, 5.41) is 0. The Bertz CT molecular complexity index is 528. The quantitative estimate of drug-likeness (QED) is 0.560. The Morgan fingerprint density at radius 1 is 1.14 bits per heavy atom. The lowest BCUT2D eigenvalue weighted by Crippen LogP contribution is -2.50. The number of hydrogen-bond donors (Lipinski definition) is 0. The summed E-state index contributed by atoms with van der Waals surface area (Å²) in [6.45, 7) is 4.68. The van der Waals surface area contributed by atoms with Crippen molar-refractivity contribution in [3.8, 4) is 0 Å². The van der Waals surface area contributed by atoms with E-state index in [1.54, 1.807) is 9.80 Å². The second kappa shape index (κ2) is 8.36. The van der Waals surface area contributed by atoms with E-state index in [0.29, 0.717) is 32.8 Å². The summed E-state index contributed by atoms with van der Waals surface area (Å²) in [6, 6.07) is 7.56. The average Bonchev–Trinajstić information content (AvgIpc) is 2.55. The van der Waals surface area contributed by atoms with Crippen LogP contribution in [0.15, 0.2) is 24.3 Å². The van der Waals surface area contributed by atoms with E-state index in [1.165, 1.54) is 0 Å². The molecule has 1 aromatic rings. The van der Waals surface area contributed by atoms with Crippen LogP contribution in [0.3, 0.4) is 0 Å². The van der Waals surface area contributed by atoms with Crippen LogP contribution in [0.25, 0.3) is 0 Å². The minimum absolute atomic E-state index is 0.0315. The Hall–Kier alpha value is -1.31. The second-order valence-electron chi connectivity index (χ2n) is 5.23. The lowest BCUT2D eigenvalue weighted by molar-refractivity contribution is 0.0557. The van der Waals surface area contributed by atoms with Gasteiger partial charge in [0.15, 0.2) is 0 Å². The van der Waals surface area contributed by atoms with Crippen LogP contribution >= 0.6 is 22.6 Å². The Morgan fingerprint density at radius 2 is 1.77 bits per heavy atom. The Balaban J connectivity index is 1.85. The maximum Gasteiger partial charge on any atom is 0.409 e. The molecule has 0 radical (unpaired) electrons. The van der Waals surface area contributed by atoms with Crippen molar-refractivity contribution in [1.29, 1.82) is 0 Å². The molecule has 1 aliphatic heterocycles. The molecule has 2 amide bonds. The number of carbonyl (C=O) groups excluding carboxylic acids is 2. The highest BCUT2D eigenvalue weighted by atomic mass is 127. The molecular formula is C16H21IN2O3. The van der Waals surface area contributed by atoms with Crippen molar-refractivity contribution >= 4 is 34.6 Å². The van der Waals surface area contributed by atoms with Crippen LogP contribution in [-0.4, -0.2) is 54.6 Å². The van der Waals surface area contributed by atoms with E-state index in [-0.39, 0.29) is 12.0 Å². The van der Waals surface area contributed by atoms with Crippen molar-refractivity contribution in [2.75, 3.05) is 32.8 Å². The molecule has 5 nitrogen and oxygen atoms in total. The van der Waals surface area contributed by atoms with Crippen LogP contribution < -0.4 is 0 Å². The zero-order valence-electron chi connectivity index (χ0n) is 12.8. The Kier molecular flexibility index (Phi) is 6.48. The standard InChI is InChI=1S/C16H21IN2O3/c1-2-3-12-22-16(21)19-10-8-18(9-11-19)15(20)13-6-4-5-7-14(13)17/h4-7H,2-3,8-12H2,1H3. The zero-order chi connectivity index (χ0) is 15.9. The third-order valence-corrected chi connectivity index (χ3v) is 4.59. The van der Waals surface area contributed by atoms with E-state index >= 15 is 0 Å². The molecule has 1 heterocycles. The first-order valence-corrected chi connectivity index (χ1v) is 8.67. The summed E-state index contributed by atoms with van der Waals surface area (Å²) in [5.74, 6) is 0.0315. The number of carbonyl (C=O) groups is 2. The second-order valence-corrected chi connectivity index (χ2v) is 6.39. The highest BCUT2D eigenvalue weighted by Gasteiger charge is 2.26. The molecular weight excluding hydrogens is 395 g/mol. The molecule has 0 unspecified atom stereocenters. The number of hydrogen-bond acceptors (Lipinski definition) is 3. The summed E-state index contributed by atoms with van der Waals surface area (Å²) in [6.07, 6.45) is 1.62. The molecule has 0 N–H and O–H groups in total. The number of halogens is 1. The van der Waals surface area contributed by atoms with Gasteiger partial charge in [0.2, 0.25) is 0 Å². The van der Waals surface area contributed by atoms with E-state index < -0.39 is 0 Å². The molecule has 0 aliphatic carbocycles. The Labute approximate surface area is 144 Å². The van der Waals surface area contributed by atoms with Crippen LogP contribution in [0.4, 0.5) is 4.79 Å². The first-order chi connectivity index (χ1) is 10.6. The molecule has 1 saturated heterocycles. The van der Waals surface area contributed by atoms with Gasteiger partial charge in [0, 0.05) is 29.7 Å². The van der Waals surface area contributed by atoms with Crippen LogP contribution in [0.2, 0.25) is 0 Å². The molecule has 1 aliphatic rings. The van der Waals surface area contributed by atoms with E-state index in [4.69, 9.17) is 4.74 Å². The zero-order valence-corrected chi connectivity index (χ0v) is 14.9. The molecule has 0 aromatic heterocycles. The van der Waals surface area contributed by atoms with Crippen LogP contribution in [-0.2, 0) is 4.74 Å². The summed E-state index contributed by atoms with van der Waals surface area (Å²) in [5.41, 5.74) is 0.724. The molecule has 1 fully saturated rings. The summed E-state index contributed by atoms with van der Waals surface area (Å²) in [7, 11) is 0. The first-order valence-electron chi connectivity index (χ1n) is 7.59. The van der Waals surface area contributed by atoms with Crippen molar-refractivity contribution in [2.45, 2.75) is 19.8 Å². The van der Waals surface area contributed by atoms with Gasteiger partial charge in [-0.15, -0.1) is 0 Å². The van der Waals surface area contributed by atoms with Gasteiger partial charge in [-0.25, -0.2) is 4.79 Å². The van der Waals surface area contributed by atoms with Gasteiger partial charge in [0.1, 0.15) is 0 Å². The van der Waals surface area contributed by atoms with Gasteiger partial charge in [-0.05, 0) is 41.1 Å². The highest BCUT2D eigenvalue weighted by molar-refractivity contribution is 14.1. The van der Waals surface area contributed by atoms with E-state index in [2.05, 4.69) is 29.5 Å². The maximum atomic E-state index is 12.5. The molecule has 1 aromatic carbocycles. The number of ether oxygens (including phenoxy) is 1.